The van der Waals surface area contributed by atoms with Crippen LogP contribution in [-0.2, 0) is 6.54 Å². The summed E-state index contributed by atoms with van der Waals surface area (Å²) in [7, 11) is 0. The van der Waals surface area contributed by atoms with Gasteiger partial charge in [-0.25, -0.2) is 18.4 Å². The van der Waals surface area contributed by atoms with Gasteiger partial charge in [0.2, 0.25) is 0 Å². The van der Waals surface area contributed by atoms with E-state index in [-0.39, 0.29) is 29.2 Å². The topological polar surface area (TPSA) is 74.0 Å². The van der Waals surface area contributed by atoms with E-state index >= 15 is 0 Å². The first-order chi connectivity index (χ1) is 17.0. The van der Waals surface area contributed by atoms with Gasteiger partial charge in [0.25, 0.3) is 5.56 Å². The van der Waals surface area contributed by atoms with E-state index in [4.69, 9.17) is 4.74 Å². The van der Waals surface area contributed by atoms with E-state index in [1.54, 1.807) is 24.4 Å². The average Bonchev–Trinajstić information content (AvgIpc) is 3.18. The number of ether oxygens (including phenoxy) is 1. The van der Waals surface area contributed by atoms with E-state index in [1.807, 2.05) is 16.3 Å². The van der Waals surface area contributed by atoms with Gasteiger partial charge in [-0.1, -0.05) is 12.1 Å². The van der Waals surface area contributed by atoms with Crippen LogP contribution in [0.1, 0.15) is 25.8 Å². The van der Waals surface area contributed by atoms with Gasteiger partial charge >= 0.3 is 6.01 Å². The van der Waals surface area contributed by atoms with Crippen molar-refractivity contribution >= 4 is 0 Å². The molecule has 35 heavy (non-hydrogen) atoms. The Balaban J connectivity index is 1.66. The lowest BCUT2D eigenvalue weighted by Crippen LogP contribution is -2.36. The summed E-state index contributed by atoms with van der Waals surface area (Å²) in [5, 5.41) is 3.34. The maximum atomic E-state index is 13.9. The number of benzene rings is 2. The van der Waals surface area contributed by atoms with Crippen molar-refractivity contribution in [3.05, 3.63) is 82.8 Å². The minimum atomic E-state index is -0.374. The van der Waals surface area contributed by atoms with Gasteiger partial charge in [-0.2, -0.15) is 4.98 Å². The molecule has 0 unspecified atom stereocenters. The quantitative estimate of drug-likeness (QED) is 0.432. The largest absolute Gasteiger partial charge is 0.424 e. The molecule has 0 radical (unpaired) electrons. The van der Waals surface area contributed by atoms with Crippen LogP contribution < -0.4 is 15.6 Å². The first kappa shape index (κ1) is 22.9. The maximum absolute atomic E-state index is 13.9. The summed E-state index contributed by atoms with van der Waals surface area (Å²) in [6, 6.07) is 13.3. The molecule has 2 aromatic carbocycles. The smallest absolute Gasteiger partial charge is 0.322 e. The summed E-state index contributed by atoms with van der Waals surface area (Å²) in [6.07, 6.45) is 3.21. The van der Waals surface area contributed by atoms with Gasteiger partial charge < -0.3 is 10.1 Å². The van der Waals surface area contributed by atoms with Crippen LogP contribution >= 0.6 is 0 Å². The molecule has 0 atom stereocenters. The number of hydrogen-bond donors (Lipinski definition) is 1. The molecule has 0 spiro atoms. The molecule has 180 valence electrons. The molecule has 7 nitrogen and oxygen atoms in total. The Morgan fingerprint density at radius 2 is 1.66 bits per heavy atom. The SMILES string of the molecule is CCn1c(-c2ccnc(Oc3ccc(F)cc3)n2)c(-c2ccc(F)cc2)c(=O)n1C1CCNCC1. The highest BCUT2D eigenvalue weighted by molar-refractivity contribution is 5.79. The van der Waals surface area contributed by atoms with Crippen LogP contribution in [0, 0.1) is 11.6 Å². The summed E-state index contributed by atoms with van der Waals surface area (Å²) in [4.78, 5) is 22.6. The molecular weight excluding hydrogens is 452 g/mol. The normalized spacial score (nSPS) is 14.3. The Bertz CT molecular complexity index is 1370. The zero-order chi connectivity index (χ0) is 24.4. The van der Waals surface area contributed by atoms with Gasteiger partial charge in [0.15, 0.2) is 0 Å². The number of nitrogens with zero attached hydrogens (tertiary/aromatic N) is 4. The molecule has 5 rings (SSSR count). The van der Waals surface area contributed by atoms with E-state index in [9.17, 15) is 13.6 Å². The second-order valence-electron chi connectivity index (χ2n) is 8.36. The number of aromatic nitrogens is 4. The fourth-order valence-electron chi connectivity index (χ4n) is 4.55. The lowest BCUT2D eigenvalue weighted by atomic mass is 10.0. The Kier molecular flexibility index (Phi) is 6.41. The van der Waals surface area contributed by atoms with E-state index in [0.29, 0.717) is 34.8 Å². The standard InChI is InChI=1S/C26H25F2N5O2/c1-2-32-24(22-13-16-30-26(31-22)35-21-9-7-19(28)8-10-21)23(17-3-5-18(27)6-4-17)25(34)33(32)20-11-14-29-15-12-20/h3-10,13,16,20,29H,2,11-12,14-15H2,1H3. The number of nitrogens with one attached hydrogen (secondary N) is 1. The van der Waals surface area contributed by atoms with Crippen molar-refractivity contribution in [3.8, 4) is 34.3 Å². The molecule has 0 bridgehead atoms. The second-order valence-corrected chi connectivity index (χ2v) is 8.36. The molecule has 1 aliphatic rings. The van der Waals surface area contributed by atoms with Crippen LogP contribution in [0.15, 0.2) is 65.6 Å². The minimum Gasteiger partial charge on any atom is -0.424 e. The number of hydrogen-bond acceptors (Lipinski definition) is 5. The number of piperidine rings is 1. The summed E-state index contributed by atoms with van der Waals surface area (Å²) >= 11 is 0. The van der Waals surface area contributed by atoms with E-state index in [2.05, 4.69) is 15.3 Å². The highest BCUT2D eigenvalue weighted by Gasteiger charge is 2.28. The van der Waals surface area contributed by atoms with Crippen LogP contribution in [0.5, 0.6) is 11.8 Å². The van der Waals surface area contributed by atoms with Crippen LogP contribution in [0.4, 0.5) is 8.78 Å². The van der Waals surface area contributed by atoms with Crippen molar-refractivity contribution in [2.24, 2.45) is 0 Å². The molecule has 2 aromatic heterocycles. The molecule has 4 aromatic rings. The van der Waals surface area contributed by atoms with Crippen molar-refractivity contribution in [1.82, 2.24) is 24.6 Å². The first-order valence-corrected chi connectivity index (χ1v) is 11.6. The monoisotopic (exact) mass is 477 g/mol. The molecule has 9 heteroatoms. The lowest BCUT2D eigenvalue weighted by Gasteiger charge is -2.26. The van der Waals surface area contributed by atoms with Crippen molar-refractivity contribution < 1.29 is 13.5 Å². The third-order valence-electron chi connectivity index (χ3n) is 6.16. The zero-order valence-electron chi connectivity index (χ0n) is 19.2. The molecule has 0 amide bonds. The fourth-order valence-corrected chi connectivity index (χ4v) is 4.55. The van der Waals surface area contributed by atoms with Gasteiger partial charge in [-0.05, 0) is 80.9 Å². The third kappa shape index (κ3) is 4.59. The molecule has 1 fully saturated rings. The predicted octanol–water partition coefficient (Wildman–Crippen LogP) is 4.79. The van der Waals surface area contributed by atoms with Crippen LogP contribution in [0.2, 0.25) is 0 Å². The summed E-state index contributed by atoms with van der Waals surface area (Å²) < 4.78 is 36.5. The maximum Gasteiger partial charge on any atom is 0.322 e. The van der Waals surface area contributed by atoms with E-state index in [1.165, 1.54) is 36.4 Å². The van der Waals surface area contributed by atoms with Crippen LogP contribution in [0.25, 0.3) is 22.5 Å². The minimum absolute atomic E-state index is 0.0356. The van der Waals surface area contributed by atoms with E-state index in [0.717, 1.165) is 25.9 Å². The van der Waals surface area contributed by atoms with Gasteiger partial charge in [0.05, 0.1) is 23.0 Å². The summed E-state index contributed by atoms with van der Waals surface area (Å²) in [5.74, 6) is -0.356. The summed E-state index contributed by atoms with van der Waals surface area (Å²) in [6.45, 7) is 4.17. The van der Waals surface area contributed by atoms with Crippen molar-refractivity contribution in [2.45, 2.75) is 32.4 Å². The molecule has 3 heterocycles. The zero-order valence-corrected chi connectivity index (χ0v) is 19.2. The fraction of sp³-hybridized carbons (Fsp3) is 0.269. The predicted molar refractivity (Wildman–Crippen MR) is 128 cm³/mol. The Hall–Kier alpha value is -3.85. The first-order valence-electron chi connectivity index (χ1n) is 11.6. The lowest BCUT2D eigenvalue weighted by molar-refractivity contribution is 0.297. The van der Waals surface area contributed by atoms with Crippen molar-refractivity contribution in [1.29, 1.82) is 0 Å². The molecule has 1 aliphatic heterocycles. The van der Waals surface area contributed by atoms with Gasteiger partial charge in [-0.15, -0.1) is 0 Å². The number of halogens is 2. The molecule has 1 saturated heterocycles. The van der Waals surface area contributed by atoms with Gasteiger partial charge in [0, 0.05) is 12.7 Å². The highest BCUT2D eigenvalue weighted by atomic mass is 19.1. The molecule has 0 saturated carbocycles. The van der Waals surface area contributed by atoms with Crippen LogP contribution in [0.3, 0.4) is 0 Å². The second kappa shape index (κ2) is 9.79. The van der Waals surface area contributed by atoms with Crippen LogP contribution in [-0.4, -0.2) is 32.4 Å². The van der Waals surface area contributed by atoms with Crippen molar-refractivity contribution in [2.75, 3.05) is 13.1 Å². The third-order valence-corrected chi connectivity index (χ3v) is 6.16. The molecule has 0 aliphatic carbocycles. The molecule has 1 N–H and O–H groups in total. The Morgan fingerprint density at radius 1 is 1.00 bits per heavy atom. The van der Waals surface area contributed by atoms with Gasteiger partial charge in [0.1, 0.15) is 17.4 Å². The Morgan fingerprint density at radius 3 is 2.31 bits per heavy atom. The van der Waals surface area contributed by atoms with Crippen molar-refractivity contribution in [3.63, 3.8) is 0 Å². The molecular formula is C26H25F2N5O2. The average molecular weight is 478 g/mol. The van der Waals surface area contributed by atoms with E-state index < -0.39 is 0 Å². The number of rotatable bonds is 6. The highest BCUT2D eigenvalue weighted by Crippen LogP contribution is 2.33. The van der Waals surface area contributed by atoms with Gasteiger partial charge in [-0.3, -0.25) is 9.48 Å². The Labute approximate surface area is 201 Å². The summed E-state index contributed by atoms with van der Waals surface area (Å²) in [5.41, 5.74) is 2.05.